The van der Waals surface area contributed by atoms with Crippen molar-refractivity contribution >= 4 is 7.82 Å². The van der Waals surface area contributed by atoms with E-state index in [9.17, 15) is 9.46 Å². The van der Waals surface area contributed by atoms with Crippen molar-refractivity contribution in [1.82, 2.24) is 0 Å². The summed E-state index contributed by atoms with van der Waals surface area (Å²) in [4.78, 5) is 9.72. The molecule has 1 atom stereocenters. The van der Waals surface area contributed by atoms with E-state index in [-0.39, 0.29) is 5.41 Å². The lowest BCUT2D eigenvalue weighted by molar-refractivity contribution is -0.0290. The van der Waals surface area contributed by atoms with Crippen LogP contribution in [0.5, 0.6) is 5.75 Å². The van der Waals surface area contributed by atoms with E-state index in [4.69, 9.17) is 14.0 Å². The molecule has 0 spiro atoms. The van der Waals surface area contributed by atoms with Crippen LogP contribution >= 0.6 is 7.82 Å². The Bertz CT molecular complexity index is 1140. The van der Waals surface area contributed by atoms with E-state index in [1.165, 1.54) is 12.8 Å². The third-order valence-electron chi connectivity index (χ3n) is 6.93. The molecule has 0 aliphatic rings. The molecule has 0 radical (unpaired) electrons. The fourth-order valence-corrected chi connectivity index (χ4v) is 4.96. The summed E-state index contributed by atoms with van der Waals surface area (Å²) in [6, 6.07) is 24.8. The first kappa shape index (κ1) is 32.7. The summed E-state index contributed by atoms with van der Waals surface area (Å²) >= 11 is 0. The molecule has 7 heteroatoms. The van der Waals surface area contributed by atoms with Gasteiger partial charge in [0.1, 0.15) is 5.75 Å². The number of phosphoric ester groups is 1. The molecule has 0 aliphatic heterocycles. The van der Waals surface area contributed by atoms with Gasteiger partial charge in [-0.25, -0.2) is 4.57 Å². The summed E-state index contributed by atoms with van der Waals surface area (Å²) in [6.07, 6.45) is 2.43. The highest BCUT2D eigenvalue weighted by Crippen LogP contribution is 2.48. The molecular weight excluding hydrogens is 511 g/mol. The Balaban J connectivity index is 0.000000309. The standard InChI is InChI=1S/C19H17O4P.C13H28O2/c1-22-24(20,21)23-18-14-8-13-17(15-9-4-2-5-10-15)19(18)16-11-6-3-7-12-16;1-11(2)7-8-13(9-14-5,10-15-6)12(3)4/h2-14H,1H3,(H,20,21);11-12H,7-10H2,1-6H3. The van der Waals surface area contributed by atoms with Crippen LogP contribution in [0.4, 0.5) is 0 Å². The van der Waals surface area contributed by atoms with Crippen LogP contribution < -0.4 is 4.52 Å². The van der Waals surface area contributed by atoms with Crippen LogP contribution in [-0.2, 0) is 18.6 Å². The van der Waals surface area contributed by atoms with E-state index in [2.05, 4.69) is 32.2 Å². The van der Waals surface area contributed by atoms with Gasteiger partial charge in [0, 0.05) is 32.3 Å². The van der Waals surface area contributed by atoms with Crippen LogP contribution in [0, 0.1) is 17.3 Å². The first-order valence-corrected chi connectivity index (χ1v) is 14.9. The molecule has 0 saturated heterocycles. The smallest absolute Gasteiger partial charge is 0.403 e. The predicted molar refractivity (Wildman–Crippen MR) is 160 cm³/mol. The molecule has 1 unspecified atom stereocenters. The molecule has 0 bridgehead atoms. The van der Waals surface area contributed by atoms with Crippen molar-refractivity contribution in [3.8, 4) is 28.0 Å². The van der Waals surface area contributed by atoms with Crippen molar-refractivity contribution in [2.45, 2.75) is 40.5 Å². The van der Waals surface area contributed by atoms with E-state index >= 15 is 0 Å². The number of benzene rings is 3. The van der Waals surface area contributed by atoms with Crippen LogP contribution in [0.15, 0.2) is 78.9 Å². The second kappa shape index (κ2) is 16.0. The fraction of sp³-hybridized carbons (Fsp3) is 0.438. The van der Waals surface area contributed by atoms with Gasteiger partial charge in [-0.05, 0) is 41.0 Å². The van der Waals surface area contributed by atoms with Gasteiger partial charge in [-0.3, -0.25) is 9.42 Å². The van der Waals surface area contributed by atoms with Gasteiger partial charge in [0.25, 0.3) is 0 Å². The maximum atomic E-state index is 11.9. The molecule has 0 aromatic heterocycles. The number of methoxy groups -OCH3 is 2. The lowest BCUT2D eigenvalue weighted by Crippen LogP contribution is -2.37. The van der Waals surface area contributed by atoms with E-state index in [0.717, 1.165) is 48.5 Å². The second-order valence-electron chi connectivity index (χ2n) is 10.5. The van der Waals surface area contributed by atoms with Gasteiger partial charge in [-0.1, -0.05) is 107 Å². The van der Waals surface area contributed by atoms with Crippen molar-refractivity contribution < 1.29 is 28.0 Å². The molecular formula is C32H45O6P. The van der Waals surface area contributed by atoms with Crippen LogP contribution in [0.2, 0.25) is 0 Å². The Morgan fingerprint density at radius 3 is 1.77 bits per heavy atom. The molecule has 3 rings (SSSR count). The fourth-order valence-electron chi connectivity index (χ4n) is 4.49. The zero-order chi connectivity index (χ0) is 28.9. The molecule has 0 saturated carbocycles. The molecule has 0 amide bonds. The highest BCUT2D eigenvalue weighted by atomic mass is 31.2. The Labute approximate surface area is 234 Å². The summed E-state index contributed by atoms with van der Waals surface area (Å²) in [6.45, 7) is 10.7. The van der Waals surface area contributed by atoms with Crippen molar-refractivity contribution in [2.75, 3.05) is 34.5 Å². The number of rotatable bonds is 13. The minimum atomic E-state index is -4.15. The SMILES string of the molecule is COCC(CCC(C)C)(COC)C(C)C.COP(=O)(O)Oc1cccc(-c2ccccc2)c1-c1ccccc1. The number of ether oxygens (including phenoxy) is 2. The normalized spacial score (nSPS) is 13.1. The molecule has 0 aliphatic carbocycles. The molecule has 3 aromatic carbocycles. The second-order valence-corrected chi connectivity index (χ2v) is 12.0. The highest BCUT2D eigenvalue weighted by molar-refractivity contribution is 7.47. The van der Waals surface area contributed by atoms with Crippen molar-refractivity contribution in [3.05, 3.63) is 78.9 Å². The topological polar surface area (TPSA) is 74.2 Å². The van der Waals surface area contributed by atoms with Gasteiger partial charge in [-0.15, -0.1) is 0 Å². The van der Waals surface area contributed by atoms with E-state index < -0.39 is 7.82 Å². The predicted octanol–water partition coefficient (Wildman–Crippen LogP) is 8.50. The lowest BCUT2D eigenvalue weighted by atomic mass is 9.74. The summed E-state index contributed by atoms with van der Waals surface area (Å²) in [7, 11) is 0.549. The summed E-state index contributed by atoms with van der Waals surface area (Å²) in [5.41, 5.74) is 3.73. The first-order valence-electron chi connectivity index (χ1n) is 13.4. The van der Waals surface area contributed by atoms with Gasteiger partial charge in [0.15, 0.2) is 0 Å². The molecule has 1 N–H and O–H groups in total. The molecule has 6 nitrogen and oxygen atoms in total. The first-order chi connectivity index (χ1) is 18.6. The van der Waals surface area contributed by atoms with Gasteiger partial charge < -0.3 is 14.0 Å². The third-order valence-corrected chi connectivity index (χ3v) is 7.81. The van der Waals surface area contributed by atoms with Crippen LogP contribution in [0.1, 0.15) is 40.5 Å². The van der Waals surface area contributed by atoms with Crippen molar-refractivity contribution in [2.24, 2.45) is 17.3 Å². The Kier molecular flexibility index (Phi) is 13.4. The number of phosphoric acid groups is 1. The maximum Gasteiger partial charge on any atom is 0.527 e. The minimum absolute atomic E-state index is 0.188. The molecule has 3 aromatic rings. The van der Waals surface area contributed by atoms with E-state index in [0.29, 0.717) is 11.7 Å². The lowest BCUT2D eigenvalue weighted by Gasteiger charge is -2.37. The molecule has 39 heavy (non-hydrogen) atoms. The minimum Gasteiger partial charge on any atom is -0.403 e. The van der Waals surface area contributed by atoms with Gasteiger partial charge in [0.05, 0.1) is 13.2 Å². The van der Waals surface area contributed by atoms with Crippen molar-refractivity contribution in [1.29, 1.82) is 0 Å². The molecule has 0 heterocycles. The highest BCUT2D eigenvalue weighted by Gasteiger charge is 2.33. The maximum absolute atomic E-state index is 11.9. The average molecular weight is 557 g/mol. The zero-order valence-corrected chi connectivity index (χ0v) is 25.3. The summed E-state index contributed by atoms with van der Waals surface area (Å²) < 4.78 is 32.5. The Hall–Kier alpha value is -2.47. The van der Waals surface area contributed by atoms with E-state index in [1.54, 1.807) is 26.4 Å². The summed E-state index contributed by atoms with van der Waals surface area (Å²) in [5, 5.41) is 0. The van der Waals surface area contributed by atoms with Crippen LogP contribution in [0.25, 0.3) is 22.3 Å². The van der Waals surface area contributed by atoms with Crippen LogP contribution in [0.3, 0.4) is 0 Å². The number of hydrogen-bond donors (Lipinski definition) is 1. The molecule has 214 valence electrons. The number of hydrogen-bond acceptors (Lipinski definition) is 5. The van der Waals surface area contributed by atoms with Gasteiger partial charge in [-0.2, -0.15) is 0 Å². The van der Waals surface area contributed by atoms with Gasteiger partial charge >= 0.3 is 7.82 Å². The van der Waals surface area contributed by atoms with Crippen molar-refractivity contribution in [3.63, 3.8) is 0 Å². The van der Waals surface area contributed by atoms with Gasteiger partial charge in [0.2, 0.25) is 0 Å². The van der Waals surface area contributed by atoms with E-state index in [1.807, 2.05) is 66.7 Å². The Morgan fingerprint density at radius 1 is 0.769 bits per heavy atom. The third kappa shape index (κ3) is 9.90. The van der Waals surface area contributed by atoms with Crippen LogP contribution in [-0.4, -0.2) is 39.4 Å². The quantitative estimate of drug-likeness (QED) is 0.213. The average Bonchev–Trinajstić information content (AvgIpc) is 2.93. The monoisotopic (exact) mass is 556 g/mol. The molecule has 0 fully saturated rings. The zero-order valence-electron chi connectivity index (χ0n) is 24.4. The largest absolute Gasteiger partial charge is 0.527 e. The summed E-state index contributed by atoms with van der Waals surface area (Å²) in [5.74, 6) is 1.64. The Morgan fingerprint density at radius 2 is 1.31 bits per heavy atom.